The number of hydrogen-bond acceptors (Lipinski definition) is 2. The molecule has 108 valence electrons. The van der Waals surface area contributed by atoms with E-state index in [4.69, 9.17) is 5.73 Å². The fraction of sp³-hybridized carbons (Fsp3) is 0.571. The largest absolute Gasteiger partial charge is 0.401 e. The molecule has 0 aliphatic carbocycles. The van der Waals surface area contributed by atoms with E-state index < -0.39 is 18.8 Å². The van der Waals surface area contributed by atoms with Crippen molar-refractivity contribution in [2.75, 3.05) is 19.6 Å². The standard InChI is InChI=1S/C14H21F3N2/c1-4-19(9-14(15,16)17)8-13(18)12-6-10(2)5-11(3)7-12/h5-7,13H,4,8-9,18H2,1-3H3. The van der Waals surface area contributed by atoms with Crippen LogP contribution < -0.4 is 5.73 Å². The molecule has 0 aliphatic rings. The number of nitrogens with two attached hydrogens (primary N) is 1. The summed E-state index contributed by atoms with van der Waals surface area (Å²) >= 11 is 0. The molecule has 1 aromatic rings. The summed E-state index contributed by atoms with van der Waals surface area (Å²) in [5, 5.41) is 0. The van der Waals surface area contributed by atoms with Crippen molar-refractivity contribution in [2.45, 2.75) is 33.0 Å². The summed E-state index contributed by atoms with van der Waals surface area (Å²) in [6.07, 6.45) is -4.18. The molecule has 0 heterocycles. The Bertz CT molecular complexity index is 395. The van der Waals surface area contributed by atoms with E-state index in [0.717, 1.165) is 16.7 Å². The maximum Gasteiger partial charge on any atom is 0.401 e. The number of aryl methyl sites for hydroxylation is 2. The molecule has 0 aromatic heterocycles. The van der Waals surface area contributed by atoms with Crippen molar-refractivity contribution in [3.05, 3.63) is 34.9 Å². The average Bonchev–Trinajstić information content (AvgIpc) is 2.24. The van der Waals surface area contributed by atoms with Crippen LogP contribution in [0.5, 0.6) is 0 Å². The van der Waals surface area contributed by atoms with Gasteiger partial charge in [0.15, 0.2) is 0 Å². The van der Waals surface area contributed by atoms with E-state index in [2.05, 4.69) is 0 Å². The topological polar surface area (TPSA) is 29.3 Å². The van der Waals surface area contributed by atoms with E-state index in [-0.39, 0.29) is 6.54 Å². The Morgan fingerprint density at radius 3 is 2.11 bits per heavy atom. The van der Waals surface area contributed by atoms with Gasteiger partial charge >= 0.3 is 6.18 Å². The van der Waals surface area contributed by atoms with Crippen molar-refractivity contribution in [3.63, 3.8) is 0 Å². The van der Waals surface area contributed by atoms with Gasteiger partial charge in [0.1, 0.15) is 0 Å². The molecule has 0 saturated heterocycles. The van der Waals surface area contributed by atoms with E-state index in [1.54, 1.807) is 6.92 Å². The van der Waals surface area contributed by atoms with Gasteiger partial charge in [-0.05, 0) is 26.0 Å². The summed E-state index contributed by atoms with van der Waals surface area (Å²) in [6.45, 7) is 5.24. The van der Waals surface area contributed by atoms with E-state index in [1.165, 1.54) is 4.90 Å². The van der Waals surface area contributed by atoms with Gasteiger partial charge < -0.3 is 5.73 Å². The van der Waals surface area contributed by atoms with Crippen LogP contribution in [0.1, 0.15) is 29.7 Å². The molecule has 0 radical (unpaired) electrons. The molecular formula is C14H21F3N2. The number of hydrogen-bond donors (Lipinski definition) is 1. The quantitative estimate of drug-likeness (QED) is 0.893. The maximum atomic E-state index is 12.4. The second-order valence-corrected chi connectivity index (χ2v) is 4.97. The molecule has 19 heavy (non-hydrogen) atoms. The van der Waals surface area contributed by atoms with Crippen LogP contribution in [0.2, 0.25) is 0 Å². The highest BCUT2D eigenvalue weighted by molar-refractivity contribution is 5.30. The Kier molecular flexibility index (Phi) is 5.38. The van der Waals surface area contributed by atoms with Gasteiger partial charge in [0.2, 0.25) is 0 Å². The first-order valence-corrected chi connectivity index (χ1v) is 6.34. The number of likely N-dealkylation sites (N-methyl/N-ethyl adjacent to an activating group) is 1. The Hall–Kier alpha value is -1.07. The molecule has 1 aromatic carbocycles. The fourth-order valence-electron chi connectivity index (χ4n) is 2.17. The van der Waals surface area contributed by atoms with Crippen molar-refractivity contribution < 1.29 is 13.2 Å². The van der Waals surface area contributed by atoms with Gasteiger partial charge in [0, 0.05) is 12.6 Å². The highest BCUT2D eigenvalue weighted by atomic mass is 19.4. The first-order chi connectivity index (χ1) is 8.71. The van der Waals surface area contributed by atoms with Crippen LogP contribution >= 0.6 is 0 Å². The van der Waals surface area contributed by atoms with E-state index in [0.29, 0.717) is 6.54 Å². The highest BCUT2D eigenvalue weighted by Crippen LogP contribution is 2.20. The minimum absolute atomic E-state index is 0.207. The predicted molar refractivity (Wildman–Crippen MR) is 71.0 cm³/mol. The van der Waals surface area contributed by atoms with Gasteiger partial charge in [0.05, 0.1) is 6.54 Å². The lowest BCUT2D eigenvalue weighted by atomic mass is 10.0. The molecular weight excluding hydrogens is 253 g/mol. The Labute approximate surface area is 112 Å². The highest BCUT2D eigenvalue weighted by Gasteiger charge is 2.30. The van der Waals surface area contributed by atoms with Crippen LogP contribution in [-0.4, -0.2) is 30.7 Å². The number of nitrogens with zero attached hydrogens (tertiary/aromatic N) is 1. The third-order valence-electron chi connectivity index (χ3n) is 2.98. The lowest BCUT2D eigenvalue weighted by molar-refractivity contribution is -0.145. The second kappa shape index (κ2) is 6.39. The normalized spacial score (nSPS) is 13.9. The molecule has 2 nitrogen and oxygen atoms in total. The smallest absolute Gasteiger partial charge is 0.323 e. The third-order valence-corrected chi connectivity index (χ3v) is 2.98. The van der Waals surface area contributed by atoms with Crippen LogP contribution in [-0.2, 0) is 0 Å². The number of halogens is 3. The minimum Gasteiger partial charge on any atom is -0.323 e. The molecule has 1 rings (SSSR count). The van der Waals surface area contributed by atoms with E-state index >= 15 is 0 Å². The Balaban J connectivity index is 2.74. The van der Waals surface area contributed by atoms with Gasteiger partial charge in [0.25, 0.3) is 0 Å². The Morgan fingerprint density at radius 2 is 1.68 bits per heavy atom. The monoisotopic (exact) mass is 274 g/mol. The second-order valence-electron chi connectivity index (χ2n) is 4.97. The molecule has 5 heteroatoms. The molecule has 0 aliphatic heterocycles. The van der Waals surface area contributed by atoms with Crippen LogP contribution in [0, 0.1) is 13.8 Å². The fourth-order valence-corrected chi connectivity index (χ4v) is 2.17. The number of rotatable bonds is 5. The van der Waals surface area contributed by atoms with Crippen LogP contribution in [0.4, 0.5) is 13.2 Å². The van der Waals surface area contributed by atoms with Gasteiger partial charge in [-0.3, -0.25) is 4.90 Å². The zero-order valence-electron chi connectivity index (χ0n) is 11.6. The molecule has 2 N–H and O–H groups in total. The summed E-state index contributed by atoms with van der Waals surface area (Å²) < 4.78 is 37.2. The third kappa shape index (κ3) is 5.61. The van der Waals surface area contributed by atoms with Crippen molar-refractivity contribution >= 4 is 0 Å². The van der Waals surface area contributed by atoms with Crippen LogP contribution in [0.15, 0.2) is 18.2 Å². The minimum atomic E-state index is -4.18. The lowest BCUT2D eigenvalue weighted by Crippen LogP contribution is -2.38. The van der Waals surface area contributed by atoms with E-state index in [9.17, 15) is 13.2 Å². The maximum absolute atomic E-state index is 12.4. The number of alkyl halides is 3. The number of benzene rings is 1. The molecule has 1 atom stereocenters. The zero-order chi connectivity index (χ0) is 14.6. The molecule has 0 fully saturated rings. The summed E-state index contributed by atoms with van der Waals surface area (Å²) in [6, 6.07) is 5.47. The lowest BCUT2D eigenvalue weighted by Gasteiger charge is -2.25. The van der Waals surface area contributed by atoms with Crippen molar-refractivity contribution in [3.8, 4) is 0 Å². The van der Waals surface area contributed by atoms with Crippen LogP contribution in [0.3, 0.4) is 0 Å². The van der Waals surface area contributed by atoms with Crippen molar-refractivity contribution in [1.29, 1.82) is 0 Å². The SMILES string of the molecule is CCN(CC(N)c1cc(C)cc(C)c1)CC(F)(F)F. The molecule has 0 saturated carbocycles. The van der Waals surface area contributed by atoms with Gasteiger partial charge in [-0.15, -0.1) is 0 Å². The Morgan fingerprint density at radius 1 is 1.16 bits per heavy atom. The van der Waals surface area contributed by atoms with E-state index in [1.807, 2.05) is 32.0 Å². The van der Waals surface area contributed by atoms with Gasteiger partial charge in [-0.1, -0.05) is 36.2 Å². The van der Waals surface area contributed by atoms with Crippen molar-refractivity contribution in [1.82, 2.24) is 4.90 Å². The first-order valence-electron chi connectivity index (χ1n) is 6.34. The van der Waals surface area contributed by atoms with Crippen molar-refractivity contribution in [2.24, 2.45) is 5.73 Å². The first kappa shape index (κ1) is 16.0. The molecule has 1 unspecified atom stereocenters. The summed E-state index contributed by atoms with van der Waals surface area (Å²) in [5.74, 6) is 0. The molecule has 0 amide bonds. The van der Waals surface area contributed by atoms with Gasteiger partial charge in [-0.25, -0.2) is 0 Å². The molecule has 0 bridgehead atoms. The molecule has 0 spiro atoms. The zero-order valence-corrected chi connectivity index (χ0v) is 11.6. The average molecular weight is 274 g/mol. The predicted octanol–water partition coefficient (Wildman–Crippen LogP) is 3.19. The summed E-state index contributed by atoms with van der Waals surface area (Å²) in [4.78, 5) is 1.32. The van der Waals surface area contributed by atoms with Gasteiger partial charge in [-0.2, -0.15) is 13.2 Å². The van der Waals surface area contributed by atoms with Crippen LogP contribution in [0.25, 0.3) is 0 Å². The summed E-state index contributed by atoms with van der Waals surface area (Å²) in [5.41, 5.74) is 9.05. The summed E-state index contributed by atoms with van der Waals surface area (Å²) in [7, 11) is 0.